The zero-order valence-electron chi connectivity index (χ0n) is 16.5. The molecule has 11 heteroatoms. The Labute approximate surface area is 185 Å². The Balaban J connectivity index is 1.73. The monoisotopic (exact) mass is 470 g/mol. The van der Waals surface area contributed by atoms with E-state index in [0.29, 0.717) is 33.9 Å². The number of thioether (sulfide) groups is 1. The number of carbonyl (C=O) groups excluding carboxylic acids is 1. The third kappa shape index (κ3) is 5.50. The van der Waals surface area contributed by atoms with Gasteiger partial charge in [-0.1, -0.05) is 29.4 Å². The average Bonchev–Trinajstić information content (AvgIpc) is 3.14. The van der Waals surface area contributed by atoms with E-state index in [-0.39, 0.29) is 11.4 Å². The number of carbonyl (C=O) groups is 1. The molecule has 0 atom stereocenters. The van der Waals surface area contributed by atoms with E-state index in [0.717, 1.165) is 23.9 Å². The molecule has 0 saturated carbocycles. The minimum atomic E-state index is -4.48. The van der Waals surface area contributed by atoms with Gasteiger partial charge in [0, 0.05) is 17.3 Å². The van der Waals surface area contributed by atoms with Crippen LogP contribution in [0.4, 0.5) is 18.9 Å². The van der Waals surface area contributed by atoms with Gasteiger partial charge in [0.15, 0.2) is 11.0 Å². The van der Waals surface area contributed by atoms with Crippen molar-refractivity contribution in [2.24, 2.45) is 0 Å². The number of methoxy groups -OCH3 is 1. The minimum absolute atomic E-state index is 0.0545. The van der Waals surface area contributed by atoms with Crippen molar-refractivity contribution >= 4 is 35.0 Å². The number of hydrogen-bond acceptors (Lipinski definition) is 5. The van der Waals surface area contributed by atoms with Gasteiger partial charge in [0.2, 0.25) is 5.91 Å². The summed E-state index contributed by atoms with van der Waals surface area (Å²) < 4.78 is 45.7. The third-order valence-electron chi connectivity index (χ3n) is 4.24. The molecule has 6 nitrogen and oxygen atoms in total. The molecule has 1 amide bonds. The van der Waals surface area contributed by atoms with E-state index < -0.39 is 17.6 Å². The number of amides is 1. The summed E-state index contributed by atoms with van der Waals surface area (Å²) in [5, 5.41) is 11.8. The summed E-state index contributed by atoms with van der Waals surface area (Å²) in [5.41, 5.74) is -0.102. The van der Waals surface area contributed by atoms with Crippen LogP contribution in [0.3, 0.4) is 0 Å². The number of alkyl halides is 3. The standard InChI is InChI=1S/C20H18ClF3N4O2S/c1-3-28-18(15-10-13(21)7-8-16(15)30-2)26-27-19(28)31-11-17(29)25-14-6-4-5-12(9-14)20(22,23)24/h4-10H,3,11H2,1-2H3,(H,25,29). The number of nitrogens with one attached hydrogen (secondary N) is 1. The molecule has 2 aromatic carbocycles. The fourth-order valence-electron chi connectivity index (χ4n) is 2.84. The molecule has 0 aliphatic heterocycles. The molecule has 1 aromatic heterocycles. The molecule has 0 spiro atoms. The van der Waals surface area contributed by atoms with Gasteiger partial charge < -0.3 is 14.6 Å². The highest BCUT2D eigenvalue weighted by atomic mass is 35.5. The Bertz CT molecular complexity index is 1090. The Morgan fingerprint density at radius 1 is 1.23 bits per heavy atom. The van der Waals surface area contributed by atoms with E-state index in [1.54, 1.807) is 22.8 Å². The molecule has 3 aromatic rings. The first kappa shape index (κ1) is 23.0. The van der Waals surface area contributed by atoms with Crippen LogP contribution >= 0.6 is 23.4 Å². The fraction of sp³-hybridized carbons (Fsp3) is 0.250. The minimum Gasteiger partial charge on any atom is -0.496 e. The summed E-state index contributed by atoms with van der Waals surface area (Å²) in [5.74, 6) is 0.589. The SMILES string of the molecule is CCn1c(SCC(=O)Nc2cccc(C(F)(F)F)c2)nnc1-c1cc(Cl)ccc1OC. The summed E-state index contributed by atoms with van der Waals surface area (Å²) in [6, 6.07) is 9.61. The molecule has 0 bridgehead atoms. The first-order valence-corrected chi connectivity index (χ1v) is 10.5. The Kier molecular flexibility index (Phi) is 7.11. The number of ether oxygens (including phenoxy) is 1. The zero-order chi connectivity index (χ0) is 22.6. The van der Waals surface area contributed by atoms with Crippen molar-refractivity contribution in [2.45, 2.75) is 24.8 Å². The van der Waals surface area contributed by atoms with E-state index in [1.807, 2.05) is 6.92 Å². The van der Waals surface area contributed by atoms with Gasteiger partial charge in [-0.3, -0.25) is 4.79 Å². The van der Waals surface area contributed by atoms with Crippen molar-refractivity contribution in [3.05, 3.63) is 53.1 Å². The lowest BCUT2D eigenvalue weighted by atomic mass is 10.2. The first-order valence-electron chi connectivity index (χ1n) is 9.10. The highest BCUT2D eigenvalue weighted by molar-refractivity contribution is 7.99. The summed E-state index contributed by atoms with van der Waals surface area (Å²) in [6.45, 7) is 2.42. The average molecular weight is 471 g/mol. The van der Waals surface area contributed by atoms with Crippen LogP contribution in [0.5, 0.6) is 5.75 Å². The predicted molar refractivity (Wildman–Crippen MR) is 113 cm³/mol. The molecule has 1 heterocycles. The van der Waals surface area contributed by atoms with Gasteiger partial charge in [-0.05, 0) is 43.3 Å². The van der Waals surface area contributed by atoms with Gasteiger partial charge in [0.25, 0.3) is 0 Å². The number of rotatable bonds is 7. The van der Waals surface area contributed by atoms with E-state index in [1.165, 1.54) is 19.2 Å². The lowest BCUT2D eigenvalue weighted by Gasteiger charge is -2.11. The molecule has 1 N–H and O–H groups in total. The quantitative estimate of drug-likeness (QED) is 0.470. The van der Waals surface area contributed by atoms with Crippen LogP contribution < -0.4 is 10.1 Å². The maximum absolute atomic E-state index is 12.8. The van der Waals surface area contributed by atoms with Gasteiger partial charge in [-0.15, -0.1) is 10.2 Å². The Morgan fingerprint density at radius 2 is 2.00 bits per heavy atom. The topological polar surface area (TPSA) is 69.0 Å². The van der Waals surface area contributed by atoms with Crippen molar-refractivity contribution < 1.29 is 22.7 Å². The fourth-order valence-corrected chi connectivity index (χ4v) is 3.81. The zero-order valence-corrected chi connectivity index (χ0v) is 18.1. The smallest absolute Gasteiger partial charge is 0.416 e. The number of nitrogens with zero attached hydrogens (tertiary/aromatic N) is 3. The van der Waals surface area contributed by atoms with Crippen molar-refractivity contribution in [3.8, 4) is 17.1 Å². The summed E-state index contributed by atoms with van der Waals surface area (Å²) >= 11 is 7.23. The van der Waals surface area contributed by atoms with Crippen LogP contribution in [0.2, 0.25) is 5.02 Å². The van der Waals surface area contributed by atoms with E-state index in [4.69, 9.17) is 16.3 Å². The van der Waals surface area contributed by atoms with Crippen LogP contribution in [0.25, 0.3) is 11.4 Å². The van der Waals surface area contributed by atoms with Crippen LogP contribution in [0.1, 0.15) is 12.5 Å². The number of benzene rings is 2. The van der Waals surface area contributed by atoms with E-state index in [9.17, 15) is 18.0 Å². The number of aromatic nitrogens is 3. The molecule has 0 unspecified atom stereocenters. The third-order valence-corrected chi connectivity index (χ3v) is 5.44. The summed E-state index contributed by atoms with van der Waals surface area (Å²) in [7, 11) is 1.53. The maximum Gasteiger partial charge on any atom is 0.416 e. The van der Waals surface area contributed by atoms with Crippen molar-refractivity contribution in [3.63, 3.8) is 0 Å². The van der Waals surface area contributed by atoms with Crippen LogP contribution in [-0.2, 0) is 17.5 Å². The second-order valence-corrected chi connectivity index (χ2v) is 7.69. The molecule has 0 saturated heterocycles. The van der Waals surface area contributed by atoms with Gasteiger partial charge >= 0.3 is 6.18 Å². The highest BCUT2D eigenvalue weighted by Crippen LogP contribution is 2.33. The van der Waals surface area contributed by atoms with Crippen LogP contribution in [-0.4, -0.2) is 33.5 Å². The molecule has 31 heavy (non-hydrogen) atoms. The van der Waals surface area contributed by atoms with Crippen LogP contribution in [0.15, 0.2) is 47.6 Å². The second kappa shape index (κ2) is 9.61. The van der Waals surface area contributed by atoms with Gasteiger partial charge in [-0.2, -0.15) is 13.2 Å². The summed E-state index contributed by atoms with van der Waals surface area (Å²) in [4.78, 5) is 12.3. The Morgan fingerprint density at radius 3 is 2.68 bits per heavy atom. The van der Waals surface area contributed by atoms with E-state index in [2.05, 4.69) is 15.5 Å². The van der Waals surface area contributed by atoms with Gasteiger partial charge in [0.1, 0.15) is 5.75 Å². The lowest BCUT2D eigenvalue weighted by Crippen LogP contribution is -2.15. The molecule has 0 radical (unpaired) electrons. The van der Waals surface area contributed by atoms with Crippen molar-refractivity contribution in [1.82, 2.24) is 14.8 Å². The molecule has 0 aliphatic carbocycles. The van der Waals surface area contributed by atoms with Gasteiger partial charge in [0.05, 0.1) is 24.0 Å². The summed E-state index contributed by atoms with van der Waals surface area (Å²) in [6.07, 6.45) is -4.48. The largest absolute Gasteiger partial charge is 0.496 e. The lowest BCUT2D eigenvalue weighted by molar-refractivity contribution is -0.137. The molecular formula is C20H18ClF3N4O2S. The molecule has 3 rings (SSSR count). The van der Waals surface area contributed by atoms with Crippen molar-refractivity contribution in [1.29, 1.82) is 0 Å². The van der Waals surface area contributed by atoms with Crippen LogP contribution in [0, 0.1) is 0 Å². The van der Waals surface area contributed by atoms with E-state index >= 15 is 0 Å². The predicted octanol–water partition coefficient (Wildman–Crippen LogP) is 5.38. The highest BCUT2D eigenvalue weighted by Gasteiger charge is 2.30. The number of anilines is 1. The molecular weight excluding hydrogens is 453 g/mol. The number of hydrogen-bond donors (Lipinski definition) is 1. The van der Waals surface area contributed by atoms with Crippen molar-refractivity contribution in [2.75, 3.05) is 18.2 Å². The molecule has 0 fully saturated rings. The second-order valence-electron chi connectivity index (χ2n) is 6.31. The number of halogens is 4. The molecule has 0 aliphatic rings. The maximum atomic E-state index is 12.8. The first-order chi connectivity index (χ1) is 14.7. The Hall–Kier alpha value is -2.72. The molecule has 164 valence electrons. The normalized spacial score (nSPS) is 11.4. The van der Waals surface area contributed by atoms with Gasteiger partial charge in [-0.25, -0.2) is 0 Å².